The van der Waals surface area contributed by atoms with E-state index < -0.39 is 12.1 Å². The van der Waals surface area contributed by atoms with Crippen molar-refractivity contribution in [2.24, 2.45) is 23.5 Å². The number of likely N-dealkylation sites (tertiary alicyclic amines) is 1. The maximum Gasteiger partial charge on any atom is 0.320 e. The van der Waals surface area contributed by atoms with Crippen molar-refractivity contribution in [3.05, 3.63) is 65.7 Å². The Bertz CT molecular complexity index is 1200. The van der Waals surface area contributed by atoms with Crippen LogP contribution in [0.4, 0.5) is 10.5 Å². The molecule has 206 valence electrons. The third-order valence-electron chi connectivity index (χ3n) is 9.96. The van der Waals surface area contributed by atoms with E-state index in [9.17, 15) is 14.4 Å². The van der Waals surface area contributed by atoms with Gasteiger partial charge in [-0.2, -0.15) is 0 Å². The molecule has 0 aromatic heterocycles. The number of carbonyl (C=O) groups is 3. The predicted molar refractivity (Wildman–Crippen MR) is 151 cm³/mol. The van der Waals surface area contributed by atoms with Gasteiger partial charge in [0, 0.05) is 11.2 Å². The fourth-order valence-electron chi connectivity index (χ4n) is 8.67. The summed E-state index contributed by atoms with van der Waals surface area (Å²) in [4.78, 5) is 45.5. The molecule has 4 bridgehead atoms. The fourth-order valence-corrected chi connectivity index (χ4v) is 8.67. The van der Waals surface area contributed by atoms with E-state index in [0.717, 1.165) is 49.6 Å². The highest BCUT2D eigenvalue weighted by Gasteiger charge is 2.54. The molecule has 4 aliphatic carbocycles. The van der Waals surface area contributed by atoms with Crippen LogP contribution in [0.1, 0.15) is 75.0 Å². The zero-order chi connectivity index (χ0) is 27.1. The second-order valence-corrected chi connectivity index (χ2v) is 12.6. The molecular weight excluding hydrogens is 488 g/mol. The lowest BCUT2D eigenvalue weighted by molar-refractivity contribution is -0.152. The molecular formula is C32H40N4O3. The van der Waals surface area contributed by atoms with Crippen molar-refractivity contribution in [3.63, 3.8) is 0 Å². The summed E-state index contributed by atoms with van der Waals surface area (Å²) in [5.41, 5.74) is 8.45. The van der Waals surface area contributed by atoms with E-state index in [0.29, 0.717) is 29.9 Å². The van der Waals surface area contributed by atoms with E-state index in [4.69, 9.17) is 5.73 Å². The summed E-state index contributed by atoms with van der Waals surface area (Å²) in [5.74, 6) is 1.91. The van der Waals surface area contributed by atoms with E-state index in [1.807, 2.05) is 59.2 Å². The minimum absolute atomic E-state index is 0.141. The first kappa shape index (κ1) is 25.9. The maximum absolute atomic E-state index is 14.5. The largest absolute Gasteiger partial charge is 0.351 e. The van der Waals surface area contributed by atoms with Crippen molar-refractivity contribution in [3.8, 4) is 0 Å². The van der Waals surface area contributed by atoms with Gasteiger partial charge in [-0.1, -0.05) is 42.5 Å². The number of carbonyl (C=O) groups excluding carboxylic acids is 3. The van der Waals surface area contributed by atoms with Crippen LogP contribution in [0.5, 0.6) is 0 Å². The zero-order valence-corrected chi connectivity index (χ0v) is 22.9. The van der Waals surface area contributed by atoms with Crippen molar-refractivity contribution in [1.82, 2.24) is 9.80 Å². The smallest absolute Gasteiger partial charge is 0.320 e. The Morgan fingerprint density at radius 2 is 1.67 bits per heavy atom. The average Bonchev–Trinajstić information content (AvgIpc) is 3.05. The van der Waals surface area contributed by atoms with Crippen molar-refractivity contribution < 1.29 is 14.4 Å². The van der Waals surface area contributed by atoms with Gasteiger partial charge in [0.05, 0.1) is 12.7 Å². The lowest BCUT2D eigenvalue weighted by Gasteiger charge is -2.60. The summed E-state index contributed by atoms with van der Waals surface area (Å²) < 4.78 is 0. The average molecular weight is 529 g/mol. The Morgan fingerprint density at radius 3 is 2.26 bits per heavy atom. The standard InChI is InChI=1S/C32H40N4O3/c1-22-7-5-10-27(13-22)36(31(33)39)29-12-6-11-28(26-8-3-2-4-9-26)35(30(29)38)20-34(21-37)32-17-23-14-24(18-32)16-25(15-23)19-32/h2-5,7-10,13,21,23-25,28-29H,6,11-12,14-20H2,1H3,(H2,33,39). The number of anilines is 1. The number of nitrogens with two attached hydrogens (primary N) is 1. The van der Waals surface area contributed by atoms with Crippen LogP contribution in [0.25, 0.3) is 0 Å². The Labute approximate surface area is 231 Å². The summed E-state index contributed by atoms with van der Waals surface area (Å²) in [6.07, 6.45) is 10.0. The molecule has 1 aliphatic heterocycles. The molecule has 2 aromatic rings. The van der Waals surface area contributed by atoms with E-state index >= 15 is 0 Å². The Morgan fingerprint density at radius 1 is 1.00 bits per heavy atom. The zero-order valence-electron chi connectivity index (χ0n) is 22.9. The Kier molecular flexibility index (Phi) is 6.86. The molecule has 4 saturated carbocycles. The van der Waals surface area contributed by atoms with E-state index in [2.05, 4.69) is 12.1 Å². The Hall–Kier alpha value is -3.35. The van der Waals surface area contributed by atoms with Gasteiger partial charge in [-0.15, -0.1) is 0 Å². The number of hydrogen-bond donors (Lipinski definition) is 1. The first-order valence-corrected chi connectivity index (χ1v) is 14.6. The number of nitrogens with zero attached hydrogens (tertiary/aromatic N) is 3. The number of urea groups is 1. The number of rotatable bonds is 7. The predicted octanol–water partition coefficient (Wildman–Crippen LogP) is 5.39. The first-order valence-electron chi connectivity index (χ1n) is 14.6. The van der Waals surface area contributed by atoms with Gasteiger partial charge in [0.2, 0.25) is 12.3 Å². The van der Waals surface area contributed by atoms with E-state index in [1.165, 1.54) is 24.2 Å². The van der Waals surface area contributed by atoms with E-state index in [-0.39, 0.29) is 24.2 Å². The fraction of sp³-hybridized carbons (Fsp3) is 0.531. The lowest BCUT2D eigenvalue weighted by Crippen LogP contribution is -2.63. The summed E-state index contributed by atoms with van der Waals surface area (Å²) >= 11 is 0. The second-order valence-electron chi connectivity index (χ2n) is 12.6. The van der Waals surface area contributed by atoms with Crippen LogP contribution in [0, 0.1) is 24.7 Å². The molecule has 1 saturated heterocycles. The quantitative estimate of drug-likeness (QED) is 0.489. The van der Waals surface area contributed by atoms with Crippen LogP contribution in [0.2, 0.25) is 0 Å². The molecule has 2 aromatic carbocycles. The molecule has 7 heteroatoms. The molecule has 0 spiro atoms. The van der Waals surface area contributed by atoms with Crippen LogP contribution < -0.4 is 10.6 Å². The maximum atomic E-state index is 14.5. The molecule has 1 heterocycles. The minimum Gasteiger partial charge on any atom is -0.351 e. The molecule has 4 amide bonds. The third-order valence-corrected chi connectivity index (χ3v) is 9.96. The Balaban J connectivity index is 1.36. The number of aryl methyl sites for hydroxylation is 1. The van der Waals surface area contributed by atoms with Crippen LogP contribution in [-0.2, 0) is 9.59 Å². The van der Waals surface area contributed by atoms with Crippen molar-refractivity contribution in [1.29, 1.82) is 0 Å². The van der Waals surface area contributed by atoms with Gasteiger partial charge in [0.1, 0.15) is 6.04 Å². The second kappa shape index (κ2) is 10.3. The lowest BCUT2D eigenvalue weighted by atomic mass is 9.52. The first-order chi connectivity index (χ1) is 18.9. The summed E-state index contributed by atoms with van der Waals surface area (Å²) in [5, 5.41) is 0. The van der Waals surface area contributed by atoms with Gasteiger partial charge in [0.25, 0.3) is 0 Å². The molecule has 2 N–H and O–H groups in total. The van der Waals surface area contributed by atoms with Crippen molar-refractivity contribution >= 4 is 24.0 Å². The highest BCUT2D eigenvalue weighted by molar-refractivity contribution is 5.99. The van der Waals surface area contributed by atoms with Gasteiger partial charge in [-0.25, -0.2) is 4.79 Å². The molecule has 7 rings (SSSR count). The number of primary amides is 1. The molecule has 2 unspecified atom stereocenters. The van der Waals surface area contributed by atoms with Crippen LogP contribution in [0.3, 0.4) is 0 Å². The number of benzene rings is 2. The van der Waals surface area contributed by atoms with Gasteiger partial charge in [-0.3, -0.25) is 14.5 Å². The van der Waals surface area contributed by atoms with Crippen molar-refractivity contribution in [2.45, 2.75) is 82.3 Å². The molecule has 39 heavy (non-hydrogen) atoms. The third kappa shape index (κ3) is 4.81. The monoisotopic (exact) mass is 528 g/mol. The minimum atomic E-state index is -0.720. The van der Waals surface area contributed by atoms with Gasteiger partial charge < -0.3 is 15.5 Å². The van der Waals surface area contributed by atoms with Crippen molar-refractivity contribution in [2.75, 3.05) is 11.6 Å². The summed E-state index contributed by atoms with van der Waals surface area (Å²) in [7, 11) is 0. The number of amides is 4. The molecule has 0 radical (unpaired) electrons. The highest BCUT2D eigenvalue weighted by atomic mass is 16.2. The van der Waals surface area contributed by atoms with Gasteiger partial charge in [0.15, 0.2) is 0 Å². The summed E-state index contributed by atoms with van der Waals surface area (Å²) in [6, 6.07) is 16.2. The van der Waals surface area contributed by atoms with E-state index in [1.54, 1.807) is 0 Å². The van der Waals surface area contributed by atoms with Crippen LogP contribution in [0.15, 0.2) is 54.6 Å². The molecule has 5 aliphatic rings. The summed E-state index contributed by atoms with van der Waals surface area (Å²) in [6.45, 7) is 2.20. The number of hydrogen-bond acceptors (Lipinski definition) is 3. The van der Waals surface area contributed by atoms with Gasteiger partial charge >= 0.3 is 6.03 Å². The highest BCUT2D eigenvalue weighted by Crippen LogP contribution is 2.57. The van der Waals surface area contributed by atoms with Gasteiger partial charge in [-0.05, 0) is 106 Å². The molecule has 5 fully saturated rings. The van der Waals surface area contributed by atoms with Crippen LogP contribution >= 0.6 is 0 Å². The topological polar surface area (TPSA) is 86.9 Å². The normalized spacial score (nSPS) is 31.6. The SMILES string of the molecule is Cc1cccc(N(C(N)=O)C2CCCC(c3ccccc3)N(CN(C=O)C34CC5CC(CC(C5)C3)C4)C2=O)c1. The molecule has 2 atom stereocenters. The molecule has 7 nitrogen and oxygen atoms in total. The van der Waals surface area contributed by atoms with Crippen LogP contribution in [-0.4, -0.2) is 46.4 Å².